The fraction of sp³-hybridized carbons (Fsp3) is 0.300. The summed E-state index contributed by atoms with van der Waals surface area (Å²) in [6.07, 6.45) is 4.53. The molecule has 1 fully saturated rings. The molecule has 30 heavy (non-hydrogen) atoms. The Morgan fingerprint density at radius 2 is 2.03 bits per heavy atom. The first-order valence-corrected chi connectivity index (χ1v) is 9.44. The zero-order valence-corrected chi connectivity index (χ0v) is 16.5. The van der Waals surface area contributed by atoms with E-state index in [2.05, 4.69) is 15.4 Å². The predicted molar refractivity (Wildman–Crippen MR) is 106 cm³/mol. The maximum Gasteiger partial charge on any atom is 0.314 e. The second-order valence-corrected chi connectivity index (χ2v) is 7.28. The van der Waals surface area contributed by atoms with Gasteiger partial charge in [-0.2, -0.15) is 5.10 Å². The van der Waals surface area contributed by atoms with E-state index in [-0.39, 0.29) is 17.3 Å². The molecule has 0 spiro atoms. The monoisotopic (exact) mass is 414 g/mol. The van der Waals surface area contributed by atoms with E-state index >= 15 is 0 Å². The van der Waals surface area contributed by atoms with E-state index < -0.39 is 23.4 Å². The molecule has 4 rings (SSSR count). The van der Waals surface area contributed by atoms with Crippen LogP contribution in [-0.2, 0) is 9.59 Å². The van der Waals surface area contributed by atoms with Crippen molar-refractivity contribution in [1.82, 2.24) is 19.5 Å². The minimum absolute atomic E-state index is 0.282. The highest BCUT2D eigenvalue weighted by Crippen LogP contribution is 2.37. The maximum absolute atomic E-state index is 14.4. The highest BCUT2D eigenvalue weighted by Gasteiger charge is 2.30. The number of aromatic nitrogens is 3. The van der Waals surface area contributed by atoms with E-state index in [9.17, 15) is 18.4 Å². The second-order valence-electron chi connectivity index (χ2n) is 7.28. The molecule has 156 valence electrons. The average Bonchev–Trinajstić information content (AvgIpc) is 3.36. The number of amides is 2. The van der Waals surface area contributed by atoms with Crippen molar-refractivity contribution >= 4 is 29.0 Å². The van der Waals surface area contributed by atoms with Crippen molar-refractivity contribution in [3.8, 4) is 0 Å². The van der Waals surface area contributed by atoms with Crippen LogP contribution in [0, 0.1) is 11.6 Å². The summed E-state index contributed by atoms with van der Waals surface area (Å²) in [5.74, 6) is -1.92. The Hall–Kier alpha value is -3.56. The van der Waals surface area contributed by atoms with E-state index in [4.69, 9.17) is 0 Å². The standard InChI is InChI=1S/C20H20F2N6O2/c1-26(2)20(30)19(29)24-15-11-23-28-9-7-17(25-18(15)28)27-8-3-4-16(27)13-10-12(21)5-6-14(13)22/h5-7,9-11,16H,3-4,8H2,1-2H3,(H,24,29). The Balaban J connectivity index is 1.67. The molecule has 2 amide bonds. The smallest absolute Gasteiger partial charge is 0.314 e. The van der Waals surface area contributed by atoms with Gasteiger partial charge in [0.15, 0.2) is 5.65 Å². The fourth-order valence-electron chi connectivity index (χ4n) is 3.62. The summed E-state index contributed by atoms with van der Waals surface area (Å²) in [6.45, 7) is 0.624. The molecule has 0 aliphatic carbocycles. The van der Waals surface area contributed by atoms with Gasteiger partial charge in [0.05, 0.1) is 12.2 Å². The predicted octanol–water partition coefficient (Wildman–Crippen LogP) is 2.38. The van der Waals surface area contributed by atoms with Gasteiger partial charge >= 0.3 is 11.8 Å². The highest BCUT2D eigenvalue weighted by atomic mass is 19.1. The maximum atomic E-state index is 14.4. The van der Waals surface area contributed by atoms with Gasteiger partial charge < -0.3 is 15.1 Å². The van der Waals surface area contributed by atoms with Crippen LogP contribution in [0.4, 0.5) is 20.3 Å². The van der Waals surface area contributed by atoms with Gasteiger partial charge in [-0.15, -0.1) is 0 Å². The Kier molecular flexibility index (Phi) is 5.06. The van der Waals surface area contributed by atoms with Crippen LogP contribution in [0.1, 0.15) is 24.4 Å². The van der Waals surface area contributed by atoms with Gasteiger partial charge in [0.2, 0.25) is 0 Å². The normalized spacial score (nSPS) is 16.1. The van der Waals surface area contributed by atoms with E-state index in [0.717, 1.165) is 18.6 Å². The molecule has 1 aromatic carbocycles. The molecular formula is C20H20F2N6O2. The largest absolute Gasteiger partial charge is 0.349 e. The minimum atomic E-state index is -0.803. The molecule has 1 aliphatic rings. The van der Waals surface area contributed by atoms with Crippen molar-refractivity contribution in [3.63, 3.8) is 0 Å². The number of rotatable bonds is 3. The molecule has 0 radical (unpaired) electrons. The zero-order chi connectivity index (χ0) is 21.4. The number of carbonyl (C=O) groups is 2. The van der Waals surface area contributed by atoms with Gasteiger partial charge in [0, 0.05) is 32.4 Å². The minimum Gasteiger partial charge on any atom is -0.349 e. The van der Waals surface area contributed by atoms with Gasteiger partial charge in [-0.3, -0.25) is 9.59 Å². The zero-order valence-electron chi connectivity index (χ0n) is 16.5. The number of nitrogens with zero attached hydrogens (tertiary/aromatic N) is 5. The molecule has 3 heterocycles. The first-order chi connectivity index (χ1) is 14.3. The lowest BCUT2D eigenvalue weighted by molar-refractivity contribution is -0.141. The molecular weight excluding hydrogens is 394 g/mol. The van der Waals surface area contributed by atoms with Gasteiger partial charge in [-0.05, 0) is 37.1 Å². The SMILES string of the molecule is CN(C)C(=O)C(=O)Nc1cnn2ccc(N3CCCC3c3cc(F)ccc3F)nc12. The van der Waals surface area contributed by atoms with E-state index in [1.807, 2.05) is 4.90 Å². The number of hydrogen-bond donors (Lipinski definition) is 1. The highest BCUT2D eigenvalue weighted by molar-refractivity contribution is 6.39. The lowest BCUT2D eigenvalue weighted by Gasteiger charge is -2.26. The Labute approximate surface area is 171 Å². The first-order valence-electron chi connectivity index (χ1n) is 9.44. The van der Waals surface area contributed by atoms with Crippen molar-refractivity contribution in [1.29, 1.82) is 0 Å². The molecule has 1 N–H and O–H groups in total. The lowest BCUT2D eigenvalue weighted by atomic mass is 10.0. The third kappa shape index (κ3) is 3.56. The third-order valence-corrected chi connectivity index (χ3v) is 5.07. The second kappa shape index (κ2) is 7.69. The van der Waals surface area contributed by atoms with Crippen LogP contribution in [0.2, 0.25) is 0 Å². The van der Waals surface area contributed by atoms with Gasteiger partial charge in [-0.25, -0.2) is 18.3 Å². The van der Waals surface area contributed by atoms with E-state index in [1.165, 1.54) is 35.8 Å². The lowest BCUT2D eigenvalue weighted by Crippen LogP contribution is -2.34. The summed E-state index contributed by atoms with van der Waals surface area (Å²) < 4.78 is 29.5. The molecule has 0 saturated carbocycles. The van der Waals surface area contributed by atoms with Crippen LogP contribution in [0.25, 0.3) is 5.65 Å². The number of nitrogens with one attached hydrogen (secondary N) is 1. The van der Waals surface area contributed by atoms with Crippen molar-refractivity contribution < 1.29 is 18.4 Å². The van der Waals surface area contributed by atoms with E-state index in [0.29, 0.717) is 24.4 Å². The Morgan fingerprint density at radius 1 is 1.23 bits per heavy atom. The molecule has 8 nitrogen and oxygen atoms in total. The Bertz CT molecular complexity index is 1130. The molecule has 1 saturated heterocycles. The van der Waals surface area contributed by atoms with Gasteiger partial charge in [0.25, 0.3) is 0 Å². The summed E-state index contributed by atoms with van der Waals surface area (Å²) in [7, 11) is 2.96. The summed E-state index contributed by atoms with van der Waals surface area (Å²) >= 11 is 0. The van der Waals surface area contributed by atoms with Crippen LogP contribution in [0.15, 0.2) is 36.7 Å². The molecule has 1 unspecified atom stereocenters. The third-order valence-electron chi connectivity index (χ3n) is 5.07. The molecule has 3 aromatic rings. The number of hydrogen-bond acceptors (Lipinski definition) is 5. The number of benzene rings is 1. The van der Waals surface area contributed by atoms with Gasteiger partial charge in [-0.1, -0.05) is 0 Å². The molecule has 0 bridgehead atoms. The van der Waals surface area contributed by atoms with Crippen molar-refractivity contribution in [2.45, 2.75) is 18.9 Å². The summed E-state index contributed by atoms with van der Waals surface area (Å²) in [5, 5.41) is 6.65. The van der Waals surface area contributed by atoms with Crippen LogP contribution in [0.3, 0.4) is 0 Å². The Morgan fingerprint density at radius 3 is 2.80 bits per heavy atom. The van der Waals surface area contributed by atoms with Crippen molar-refractivity contribution in [3.05, 3.63) is 53.9 Å². The van der Waals surface area contributed by atoms with E-state index in [1.54, 1.807) is 12.3 Å². The summed E-state index contributed by atoms with van der Waals surface area (Å²) in [6, 6.07) is 4.82. The average molecular weight is 414 g/mol. The molecule has 2 aromatic heterocycles. The quantitative estimate of drug-likeness (QED) is 0.666. The fourth-order valence-corrected chi connectivity index (χ4v) is 3.62. The first kappa shape index (κ1) is 19.7. The van der Waals surface area contributed by atoms with Crippen molar-refractivity contribution in [2.75, 3.05) is 30.9 Å². The number of likely N-dealkylation sites (N-methyl/N-ethyl adjacent to an activating group) is 1. The molecule has 1 atom stereocenters. The number of halogens is 2. The number of anilines is 2. The topological polar surface area (TPSA) is 82.8 Å². The van der Waals surface area contributed by atoms with Crippen LogP contribution < -0.4 is 10.2 Å². The van der Waals surface area contributed by atoms with Gasteiger partial charge in [0.1, 0.15) is 23.1 Å². The number of carbonyl (C=O) groups excluding carboxylic acids is 2. The van der Waals surface area contributed by atoms with Crippen LogP contribution in [0.5, 0.6) is 0 Å². The van der Waals surface area contributed by atoms with Crippen LogP contribution >= 0.6 is 0 Å². The van der Waals surface area contributed by atoms with Crippen molar-refractivity contribution in [2.24, 2.45) is 0 Å². The summed E-state index contributed by atoms with van der Waals surface area (Å²) in [4.78, 5) is 31.6. The molecule has 1 aliphatic heterocycles. The summed E-state index contributed by atoms with van der Waals surface area (Å²) in [5.41, 5.74) is 0.912. The molecule has 10 heteroatoms. The number of fused-ring (bicyclic) bond motifs is 1. The van der Waals surface area contributed by atoms with Crippen LogP contribution in [-0.4, -0.2) is 52.0 Å².